The molecule has 3 rings (SSSR count). The number of rotatable bonds is 4. The first-order chi connectivity index (χ1) is 11.5. The summed E-state index contributed by atoms with van der Waals surface area (Å²) >= 11 is 12.5. The highest BCUT2D eigenvalue weighted by Crippen LogP contribution is 2.31. The van der Waals surface area contributed by atoms with Gasteiger partial charge in [0, 0.05) is 35.5 Å². The molecule has 7 heteroatoms. The molecule has 0 aliphatic rings. The zero-order valence-electron chi connectivity index (χ0n) is 12.7. The minimum atomic E-state index is -0.315. The molecule has 0 aliphatic heterocycles. The number of aromatic nitrogens is 2. The fraction of sp³-hybridized carbons (Fsp3) is 0.118. The van der Waals surface area contributed by atoms with Crippen LogP contribution < -0.4 is 5.32 Å². The Morgan fingerprint density at radius 3 is 2.62 bits per heavy atom. The summed E-state index contributed by atoms with van der Waals surface area (Å²) in [6.45, 7) is 2.29. The number of carbonyl (C=O) groups excluding carboxylic acids is 2. The van der Waals surface area contributed by atoms with Crippen molar-refractivity contribution in [2.24, 2.45) is 0 Å². The van der Waals surface area contributed by atoms with E-state index in [1.54, 1.807) is 24.7 Å². The van der Waals surface area contributed by atoms with Gasteiger partial charge in [-0.05, 0) is 25.1 Å². The monoisotopic (exact) mass is 361 g/mol. The molecule has 0 aliphatic carbocycles. The lowest BCUT2D eigenvalue weighted by molar-refractivity contribution is 0.0954. The first-order valence-electron chi connectivity index (χ1n) is 7.26. The fourth-order valence-corrected chi connectivity index (χ4v) is 3.14. The van der Waals surface area contributed by atoms with Gasteiger partial charge in [0.05, 0.1) is 27.3 Å². The van der Waals surface area contributed by atoms with Crippen molar-refractivity contribution in [1.29, 1.82) is 0 Å². The maximum atomic E-state index is 12.9. The van der Waals surface area contributed by atoms with Crippen LogP contribution in [-0.4, -0.2) is 28.2 Å². The van der Waals surface area contributed by atoms with Gasteiger partial charge in [-0.25, -0.2) is 0 Å². The standard InChI is InChI=1S/C17H13Cl2N3O2/c1-2-21-17(24)9-5-12(18)15(13(19)6-9)16(23)11-7-22-14-8-20-4-3-10(11)14/h3-8,22H,2H2,1H3,(H,21,24). The van der Waals surface area contributed by atoms with Gasteiger partial charge in [-0.3, -0.25) is 14.6 Å². The third-order valence-corrected chi connectivity index (χ3v) is 4.19. The largest absolute Gasteiger partial charge is 0.359 e. The topological polar surface area (TPSA) is 74.8 Å². The maximum absolute atomic E-state index is 12.9. The number of hydrogen-bond donors (Lipinski definition) is 2. The van der Waals surface area contributed by atoms with Crippen LogP contribution in [0.15, 0.2) is 36.8 Å². The van der Waals surface area contributed by atoms with Crippen molar-refractivity contribution in [3.05, 3.63) is 63.5 Å². The van der Waals surface area contributed by atoms with E-state index in [1.807, 2.05) is 6.92 Å². The molecular weight excluding hydrogens is 349 g/mol. The Hall–Kier alpha value is -2.37. The van der Waals surface area contributed by atoms with Crippen LogP contribution in [0, 0.1) is 0 Å². The zero-order valence-corrected chi connectivity index (χ0v) is 14.2. The third-order valence-electron chi connectivity index (χ3n) is 3.60. The molecule has 0 bridgehead atoms. The number of amides is 1. The van der Waals surface area contributed by atoms with E-state index < -0.39 is 0 Å². The predicted octanol–water partition coefficient (Wildman–Crippen LogP) is 3.85. The van der Waals surface area contributed by atoms with Crippen LogP contribution in [0.5, 0.6) is 0 Å². The fourth-order valence-electron chi connectivity index (χ4n) is 2.48. The minimum Gasteiger partial charge on any atom is -0.359 e. The molecule has 24 heavy (non-hydrogen) atoms. The van der Waals surface area contributed by atoms with Crippen molar-refractivity contribution in [3.8, 4) is 0 Å². The lowest BCUT2D eigenvalue weighted by Crippen LogP contribution is -2.22. The van der Waals surface area contributed by atoms with Crippen molar-refractivity contribution in [2.45, 2.75) is 6.92 Å². The number of nitrogens with one attached hydrogen (secondary N) is 2. The Morgan fingerprint density at radius 1 is 1.25 bits per heavy atom. The summed E-state index contributed by atoms with van der Waals surface area (Å²) in [5.41, 5.74) is 1.67. The molecule has 0 atom stereocenters. The molecule has 0 fully saturated rings. The second-order valence-corrected chi connectivity index (χ2v) is 5.94. The van der Waals surface area contributed by atoms with Gasteiger partial charge < -0.3 is 10.3 Å². The second kappa shape index (κ2) is 6.63. The van der Waals surface area contributed by atoms with E-state index >= 15 is 0 Å². The van der Waals surface area contributed by atoms with Crippen molar-refractivity contribution >= 4 is 45.8 Å². The molecule has 0 unspecified atom stereocenters. The summed E-state index contributed by atoms with van der Waals surface area (Å²) in [6, 6.07) is 4.63. The number of aromatic amines is 1. The number of H-pyrrole nitrogens is 1. The van der Waals surface area contributed by atoms with Crippen LogP contribution in [0.1, 0.15) is 33.2 Å². The van der Waals surface area contributed by atoms with Gasteiger partial charge in [-0.2, -0.15) is 0 Å². The minimum absolute atomic E-state index is 0.136. The van der Waals surface area contributed by atoms with Gasteiger partial charge in [0.15, 0.2) is 5.78 Å². The number of carbonyl (C=O) groups is 2. The van der Waals surface area contributed by atoms with Crippen molar-refractivity contribution in [3.63, 3.8) is 0 Å². The van der Waals surface area contributed by atoms with Crippen LogP contribution >= 0.6 is 23.2 Å². The normalized spacial score (nSPS) is 10.8. The molecule has 0 saturated carbocycles. The molecule has 0 spiro atoms. The number of pyridine rings is 1. The highest BCUT2D eigenvalue weighted by Gasteiger charge is 2.22. The highest BCUT2D eigenvalue weighted by molar-refractivity contribution is 6.42. The van der Waals surface area contributed by atoms with Crippen LogP contribution in [0.2, 0.25) is 10.0 Å². The molecule has 1 amide bonds. The van der Waals surface area contributed by atoms with E-state index in [0.29, 0.717) is 17.7 Å². The van der Waals surface area contributed by atoms with Gasteiger partial charge >= 0.3 is 0 Å². The Bertz CT molecular complexity index is 927. The van der Waals surface area contributed by atoms with Gasteiger partial charge in [-0.15, -0.1) is 0 Å². The maximum Gasteiger partial charge on any atom is 0.251 e. The molecule has 1 aromatic carbocycles. The van der Waals surface area contributed by atoms with Crippen molar-refractivity contribution < 1.29 is 9.59 Å². The molecule has 0 saturated heterocycles. The number of fused-ring (bicyclic) bond motifs is 1. The number of nitrogens with zero attached hydrogens (tertiary/aromatic N) is 1. The van der Waals surface area contributed by atoms with Gasteiger partial charge in [0.2, 0.25) is 0 Å². The van der Waals surface area contributed by atoms with E-state index in [2.05, 4.69) is 15.3 Å². The lowest BCUT2D eigenvalue weighted by atomic mass is 10.0. The third kappa shape index (κ3) is 2.88. The first-order valence-corrected chi connectivity index (χ1v) is 8.01. The quantitative estimate of drug-likeness (QED) is 0.693. The molecule has 2 aromatic heterocycles. The number of benzene rings is 1. The molecule has 5 nitrogen and oxygen atoms in total. The molecule has 2 heterocycles. The average Bonchev–Trinajstić information content (AvgIpc) is 2.98. The van der Waals surface area contributed by atoms with E-state index in [-0.39, 0.29) is 27.3 Å². The zero-order chi connectivity index (χ0) is 17.3. The highest BCUT2D eigenvalue weighted by atomic mass is 35.5. The first kappa shape index (κ1) is 16.5. The molecule has 2 N–H and O–H groups in total. The van der Waals surface area contributed by atoms with Crippen molar-refractivity contribution in [2.75, 3.05) is 6.54 Å². The van der Waals surface area contributed by atoms with E-state index in [1.165, 1.54) is 12.1 Å². The van der Waals surface area contributed by atoms with Crippen molar-refractivity contribution in [1.82, 2.24) is 15.3 Å². The predicted molar refractivity (Wildman–Crippen MR) is 94.0 cm³/mol. The summed E-state index contributed by atoms with van der Waals surface area (Å²) in [5, 5.41) is 3.67. The smallest absolute Gasteiger partial charge is 0.251 e. The molecular formula is C17H13Cl2N3O2. The SMILES string of the molecule is CCNC(=O)c1cc(Cl)c(C(=O)c2c[nH]c3cnccc23)c(Cl)c1. The van der Waals surface area contributed by atoms with Gasteiger partial charge in [-0.1, -0.05) is 23.2 Å². The molecule has 122 valence electrons. The Kier molecular flexibility index (Phi) is 4.55. The summed E-state index contributed by atoms with van der Waals surface area (Å²) in [7, 11) is 0. The van der Waals surface area contributed by atoms with E-state index in [9.17, 15) is 9.59 Å². The van der Waals surface area contributed by atoms with Crippen LogP contribution in [-0.2, 0) is 0 Å². The summed E-state index contributed by atoms with van der Waals surface area (Å²) in [5.74, 6) is -0.608. The summed E-state index contributed by atoms with van der Waals surface area (Å²) < 4.78 is 0. The number of hydrogen-bond acceptors (Lipinski definition) is 3. The van der Waals surface area contributed by atoms with Gasteiger partial charge in [0.1, 0.15) is 0 Å². The average molecular weight is 362 g/mol. The molecule has 0 radical (unpaired) electrons. The number of halogens is 2. The van der Waals surface area contributed by atoms with Crippen LogP contribution in [0.25, 0.3) is 10.9 Å². The second-order valence-electron chi connectivity index (χ2n) is 5.13. The lowest BCUT2D eigenvalue weighted by Gasteiger charge is -2.09. The number of ketones is 1. The van der Waals surface area contributed by atoms with E-state index in [0.717, 1.165) is 10.9 Å². The summed E-state index contributed by atoms with van der Waals surface area (Å²) in [6.07, 6.45) is 4.83. The van der Waals surface area contributed by atoms with Crippen LogP contribution in [0.3, 0.4) is 0 Å². The van der Waals surface area contributed by atoms with Crippen LogP contribution in [0.4, 0.5) is 0 Å². The van der Waals surface area contributed by atoms with E-state index in [4.69, 9.17) is 23.2 Å². The Labute approximate surface area is 148 Å². The Morgan fingerprint density at radius 2 is 1.96 bits per heavy atom. The molecule has 3 aromatic rings. The summed E-state index contributed by atoms with van der Waals surface area (Å²) in [4.78, 5) is 31.8. The Balaban J connectivity index is 2.06. The van der Waals surface area contributed by atoms with Gasteiger partial charge in [0.25, 0.3) is 5.91 Å².